The van der Waals surface area contributed by atoms with E-state index in [2.05, 4.69) is 46.7 Å². The topological polar surface area (TPSA) is 72.4 Å². The number of nitrogens with one attached hydrogen (secondary N) is 1. The van der Waals surface area contributed by atoms with Crippen molar-refractivity contribution >= 4 is 22.4 Å². The molecule has 182 valence electrons. The van der Waals surface area contributed by atoms with Gasteiger partial charge in [0.1, 0.15) is 6.07 Å². The van der Waals surface area contributed by atoms with Crippen molar-refractivity contribution in [1.29, 1.82) is 5.26 Å². The van der Waals surface area contributed by atoms with Crippen LogP contribution in [0.3, 0.4) is 0 Å². The molecule has 6 heteroatoms. The lowest BCUT2D eigenvalue weighted by atomic mass is 9.70. The Labute approximate surface area is 211 Å². The minimum Gasteiger partial charge on any atom is -0.379 e. The smallest absolute Gasteiger partial charge is 0.195 e. The fourth-order valence-electron chi connectivity index (χ4n) is 6.32. The van der Waals surface area contributed by atoms with Crippen LogP contribution in [0.1, 0.15) is 65.0 Å². The zero-order valence-corrected chi connectivity index (χ0v) is 20.9. The highest BCUT2D eigenvalue weighted by molar-refractivity contribution is 6.20. The Balaban J connectivity index is 1.38. The lowest BCUT2D eigenvalue weighted by molar-refractivity contribution is 0.0115. The van der Waals surface area contributed by atoms with Gasteiger partial charge in [-0.3, -0.25) is 9.69 Å². The summed E-state index contributed by atoms with van der Waals surface area (Å²) in [7, 11) is 0. The number of H-pyrrole nitrogens is 1. The fourth-order valence-corrected chi connectivity index (χ4v) is 6.32. The van der Waals surface area contributed by atoms with E-state index in [0.717, 1.165) is 85.6 Å². The minimum absolute atomic E-state index is 0.0342. The fraction of sp³-hybridized carbons (Fsp3) is 0.400. The molecule has 6 rings (SSSR count). The van der Waals surface area contributed by atoms with Crippen molar-refractivity contribution in [2.24, 2.45) is 0 Å². The first-order chi connectivity index (χ1) is 17.4. The van der Waals surface area contributed by atoms with Gasteiger partial charge < -0.3 is 14.6 Å². The van der Waals surface area contributed by atoms with Gasteiger partial charge in [-0.25, -0.2) is 0 Å². The van der Waals surface area contributed by atoms with Crippen LogP contribution < -0.4 is 4.90 Å². The van der Waals surface area contributed by atoms with Crippen LogP contribution in [0.2, 0.25) is 0 Å². The van der Waals surface area contributed by atoms with Gasteiger partial charge in [0.15, 0.2) is 5.78 Å². The highest BCUT2D eigenvalue weighted by Crippen LogP contribution is 2.45. The normalized spacial score (nSPS) is 20.0. The zero-order chi connectivity index (χ0) is 25.0. The average Bonchev–Trinajstić information content (AvgIpc) is 3.32. The summed E-state index contributed by atoms with van der Waals surface area (Å²) in [6.07, 6.45) is 7.74. The maximum absolute atomic E-state index is 13.8. The quantitative estimate of drug-likeness (QED) is 0.559. The van der Waals surface area contributed by atoms with E-state index in [1.54, 1.807) is 0 Å². The number of aromatic amines is 1. The van der Waals surface area contributed by atoms with Gasteiger partial charge in [-0.1, -0.05) is 25.8 Å². The number of carbonyl (C=O) groups is 1. The van der Waals surface area contributed by atoms with Gasteiger partial charge in [-0.2, -0.15) is 5.26 Å². The van der Waals surface area contributed by atoms with Gasteiger partial charge in [-0.05, 0) is 42.7 Å². The predicted molar refractivity (Wildman–Crippen MR) is 141 cm³/mol. The summed E-state index contributed by atoms with van der Waals surface area (Å²) in [4.78, 5) is 22.2. The van der Waals surface area contributed by atoms with Crippen LogP contribution in [0.4, 0.5) is 5.69 Å². The highest BCUT2D eigenvalue weighted by atomic mass is 16.5. The molecular weight excluding hydrogens is 448 g/mol. The number of ketones is 1. The van der Waals surface area contributed by atoms with E-state index in [1.807, 2.05) is 24.3 Å². The summed E-state index contributed by atoms with van der Waals surface area (Å²) >= 11 is 0. The Hall–Kier alpha value is -3.58. The lowest BCUT2D eigenvalue weighted by Crippen LogP contribution is -2.49. The third-order valence-electron chi connectivity index (χ3n) is 8.36. The number of hydrogen-bond acceptors (Lipinski definition) is 5. The number of piperidine rings is 1. The van der Waals surface area contributed by atoms with Crippen molar-refractivity contribution in [2.75, 3.05) is 44.3 Å². The number of rotatable bonds is 2. The largest absolute Gasteiger partial charge is 0.379 e. The Kier molecular flexibility index (Phi) is 5.41. The van der Waals surface area contributed by atoms with E-state index < -0.39 is 5.41 Å². The van der Waals surface area contributed by atoms with E-state index in [-0.39, 0.29) is 5.78 Å². The zero-order valence-electron chi connectivity index (χ0n) is 20.9. The molecule has 36 heavy (non-hydrogen) atoms. The van der Waals surface area contributed by atoms with Crippen molar-refractivity contribution in [2.45, 2.75) is 38.1 Å². The number of ether oxygens (including phenoxy) is 1. The van der Waals surface area contributed by atoms with Crippen molar-refractivity contribution in [3.63, 3.8) is 0 Å². The first-order valence-corrected chi connectivity index (χ1v) is 12.7. The second-order valence-corrected chi connectivity index (χ2v) is 10.6. The number of hydrogen-bond donors (Lipinski definition) is 1. The van der Waals surface area contributed by atoms with E-state index in [1.165, 1.54) is 0 Å². The van der Waals surface area contributed by atoms with Gasteiger partial charge in [0, 0.05) is 65.4 Å². The summed E-state index contributed by atoms with van der Waals surface area (Å²) in [6.45, 7) is 9.72. The molecule has 0 spiro atoms. The van der Waals surface area contributed by atoms with E-state index in [9.17, 15) is 10.1 Å². The number of carbonyl (C=O) groups excluding carboxylic acids is 1. The monoisotopic (exact) mass is 478 g/mol. The molecule has 6 nitrogen and oxygen atoms in total. The van der Waals surface area contributed by atoms with Gasteiger partial charge >= 0.3 is 0 Å². The molecule has 1 N–H and O–H groups in total. The molecule has 0 amide bonds. The summed E-state index contributed by atoms with van der Waals surface area (Å²) < 4.78 is 5.52. The second kappa shape index (κ2) is 8.52. The SMILES string of the molecule is C#Cc1ccc2c3c([nH]c2c1)C(C)(C)c1cc(N2CCC(N4CCOCC4)CC2)c(C#N)cc1C3=O. The van der Waals surface area contributed by atoms with Gasteiger partial charge in [-0.15, -0.1) is 6.42 Å². The van der Waals surface area contributed by atoms with Crippen LogP contribution in [0.5, 0.6) is 0 Å². The van der Waals surface area contributed by atoms with Crippen LogP contribution >= 0.6 is 0 Å². The maximum Gasteiger partial charge on any atom is 0.195 e. The summed E-state index contributed by atoms with van der Waals surface area (Å²) in [5.41, 5.74) is 5.91. The Morgan fingerprint density at radius 3 is 2.56 bits per heavy atom. The first-order valence-electron chi connectivity index (χ1n) is 12.7. The summed E-state index contributed by atoms with van der Waals surface area (Å²) in [5.74, 6) is 2.64. The molecule has 3 heterocycles. The van der Waals surface area contributed by atoms with Crippen LogP contribution in [-0.2, 0) is 10.2 Å². The molecule has 2 fully saturated rings. The number of terminal acetylenes is 1. The minimum atomic E-state index is -0.428. The molecule has 1 aromatic heterocycles. The Bertz CT molecular complexity index is 1450. The van der Waals surface area contributed by atoms with Crippen molar-refractivity contribution in [1.82, 2.24) is 9.88 Å². The first kappa shape index (κ1) is 22.9. The Morgan fingerprint density at radius 2 is 1.86 bits per heavy atom. The van der Waals surface area contributed by atoms with E-state index in [0.29, 0.717) is 22.7 Å². The molecule has 0 atom stereocenters. The van der Waals surface area contributed by atoms with Gasteiger partial charge in [0.25, 0.3) is 0 Å². The van der Waals surface area contributed by atoms with E-state index in [4.69, 9.17) is 11.2 Å². The van der Waals surface area contributed by atoms with Crippen LogP contribution in [0.15, 0.2) is 30.3 Å². The molecule has 0 unspecified atom stereocenters. The molecule has 1 aliphatic carbocycles. The number of fused-ring (bicyclic) bond motifs is 4. The van der Waals surface area contributed by atoms with Crippen molar-refractivity contribution in [3.8, 4) is 18.4 Å². The third-order valence-corrected chi connectivity index (χ3v) is 8.36. The Morgan fingerprint density at radius 1 is 1.11 bits per heavy atom. The van der Waals surface area contributed by atoms with Crippen LogP contribution in [0.25, 0.3) is 10.9 Å². The molecule has 0 saturated carbocycles. The second-order valence-electron chi connectivity index (χ2n) is 10.6. The number of nitrogens with zero attached hydrogens (tertiary/aromatic N) is 3. The number of aromatic nitrogens is 1. The van der Waals surface area contributed by atoms with Gasteiger partial charge in [0.05, 0.1) is 30.0 Å². The number of morpholine rings is 1. The standard InChI is InChI=1S/C30H30N4O2/c1-4-19-5-6-22-25(15-19)32-29-27(22)28(35)23-16-20(18-31)26(17-24(23)30(29,2)3)34-9-7-21(8-10-34)33-11-13-36-14-12-33/h1,5-6,15-17,21,32H,7-14H2,2-3H3. The third kappa shape index (κ3) is 3.45. The molecule has 0 radical (unpaired) electrons. The molecule has 2 aliphatic heterocycles. The number of benzene rings is 2. The van der Waals surface area contributed by atoms with Gasteiger partial charge in [0.2, 0.25) is 0 Å². The molecule has 3 aliphatic rings. The number of anilines is 1. The van der Waals surface area contributed by atoms with E-state index >= 15 is 0 Å². The lowest BCUT2D eigenvalue weighted by Gasteiger charge is -2.41. The summed E-state index contributed by atoms with van der Waals surface area (Å²) in [6, 6.07) is 12.6. The van der Waals surface area contributed by atoms with Crippen molar-refractivity contribution in [3.05, 3.63) is 63.8 Å². The maximum atomic E-state index is 13.8. The summed E-state index contributed by atoms with van der Waals surface area (Å²) in [5, 5.41) is 10.9. The molecular formula is C30H30N4O2. The molecule has 3 aromatic rings. The molecule has 2 aromatic carbocycles. The predicted octanol–water partition coefficient (Wildman–Crippen LogP) is 4.19. The van der Waals surface area contributed by atoms with Crippen LogP contribution in [0, 0.1) is 23.7 Å². The van der Waals surface area contributed by atoms with Crippen molar-refractivity contribution < 1.29 is 9.53 Å². The molecule has 2 saturated heterocycles. The number of nitriles is 1. The highest BCUT2D eigenvalue weighted by Gasteiger charge is 2.41. The molecule has 0 bridgehead atoms. The van der Waals surface area contributed by atoms with Crippen LogP contribution in [-0.4, -0.2) is 61.1 Å². The average molecular weight is 479 g/mol.